The molecule has 2 amide bonds. The Labute approximate surface area is 213 Å². The molecule has 0 radical (unpaired) electrons. The van der Waals surface area contributed by atoms with Crippen LogP contribution in [0.25, 0.3) is 0 Å². The van der Waals surface area contributed by atoms with Crippen LogP contribution in [0.3, 0.4) is 0 Å². The minimum absolute atomic E-state index is 0.00351. The van der Waals surface area contributed by atoms with Crippen molar-refractivity contribution in [3.8, 4) is 11.5 Å². The Bertz CT molecular complexity index is 1070. The lowest BCUT2D eigenvalue weighted by molar-refractivity contribution is -0.385. The molecule has 11 heteroatoms. The molecular formula is C24H27Cl2N3O6. The van der Waals surface area contributed by atoms with Gasteiger partial charge in [-0.1, -0.05) is 42.1 Å². The summed E-state index contributed by atoms with van der Waals surface area (Å²) in [7, 11) is 1.30. The van der Waals surface area contributed by atoms with Gasteiger partial charge in [-0.15, -0.1) is 0 Å². The van der Waals surface area contributed by atoms with Crippen LogP contribution in [-0.4, -0.2) is 47.4 Å². The standard InChI is InChI=1S/C24H27Cl2N3O6/c1-15(24(31)27-16-6-3-4-7-16)28(13-18-19(25)8-5-9-20(18)26)23(30)14-35-17-10-11-21(29(32)33)22(12-17)34-2/h5,8-12,15-16H,3-4,6-7,13-14H2,1-2H3,(H,27,31)/t15-/m0/s1. The normalized spacial score (nSPS) is 14.3. The molecule has 0 bridgehead atoms. The second-order valence-corrected chi connectivity index (χ2v) is 9.08. The van der Waals surface area contributed by atoms with Gasteiger partial charge in [0.25, 0.3) is 5.91 Å². The van der Waals surface area contributed by atoms with Crippen LogP contribution in [0.1, 0.15) is 38.2 Å². The molecule has 2 aromatic rings. The first-order valence-electron chi connectivity index (χ1n) is 11.2. The van der Waals surface area contributed by atoms with Crippen molar-refractivity contribution in [1.82, 2.24) is 10.2 Å². The Morgan fingerprint density at radius 2 is 1.86 bits per heavy atom. The van der Waals surface area contributed by atoms with Crippen molar-refractivity contribution in [3.63, 3.8) is 0 Å². The fourth-order valence-corrected chi connectivity index (χ4v) is 4.47. The molecule has 0 unspecified atom stereocenters. The number of nitrogens with zero attached hydrogens (tertiary/aromatic N) is 2. The van der Waals surface area contributed by atoms with Crippen LogP contribution in [0.5, 0.6) is 11.5 Å². The summed E-state index contributed by atoms with van der Waals surface area (Å²) in [6.45, 7) is 1.23. The molecule has 1 N–H and O–H groups in total. The number of ether oxygens (including phenoxy) is 2. The van der Waals surface area contributed by atoms with Crippen LogP contribution < -0.4 is 14.8 Å². The number of hydrogen-bond acceptors (Lipinski definition) is 6. The molecule has 1 atom stereocenters. The fourth-order valence-electron chi connectivity index (χ4n) is 3.95. The van der Waals surface area contributed by atoms with Crippen LogP contribution in [0, 0.1) is 10.1 Å². The maximum Gasteiger partial charge on any atom is 0.311 e. The van der Waals surface area contributed by atoms with E-state index in [0.717, 1.165) is 25.7 Å². The van der Waals surface area contributed by atoms with Crippen molar-refractivity contribution < 1.29 is 24.0 Å². The Morgan fingerprint density at radius 1 is 1.20 bits per heavy atom. The van der Waals surface area contributed by atoms with Crippen molar-refractivity contribution >= 4 is 40.7 Å². The third kappa shape index (κ3) is 6.76. The third-order valence-electron chi connectivity index (χ3n) is 5.97. The highest BCUT2D eigenvalue weighted by Gasteiger charge is 2.30. The number of methoxy groups -OCH3 is 1. The molecule has 188 valence electrons. The SMILES string of the molecule is COc1cc(OCC(=O)N(Cc2c(Cl)cccc2Cl)[C@@H](C)C(=O)NC2CCCC2)ccc1[N+](=O)[O-]. The highest BCUT2D eigenvalue weighted by Crippen LogP contribution is 2.31. The number of halogens is 2. The molecule has 35 heavy (non-hydrogen) atoms. The second kappa shape index (κ2) is 12.1. The fraction of sp³-hybridized carbons (Fsp3) is 0.417. The predicted octanol–water partition coefficient (Wildman–Crippen LogP) is 4.77. The van der Waals surface area contributed by atoms with Crippen LogP contribution in [0.4, 0.5) is 5.69 Å². The van der Waals surface area contributed by atoms with E-state index < -0.39 is 23.5 Å². The number of nitrogens with one attached hydrogen (secondary N) is 1. The molecule has 0 heterocycles. The predicted molar refractivity (Wildman–Crippen MR) is 132 cm³/mol. The van der Waals surface area contributed by atoms with Gasteiger partial charge >= 0.3 is 5.69 Å². The van der Waals surface area contributed by atoms with E-state index in [2.05, 4.69) is 5.32 Å². The van der Waals surface area contributed by atoms with Gasteiger partial charge in [0, 0.05) is 40.3 Å². The number of rotatable bonds is 10. The molecule has 0 spiro atoms. The molecule has 1 fully saturated rings. The van der Waals surface area contributed by atoms with Crippen LogP contribution in [0.15, 0.2) is 36.4 Å². The Morgan fingerprint density at radius 3 is 2.46 bits per heavy atom. The summed E-state index contributed by atoms with van der Waals surface area (Å²) in [6.07, 6.45) is 3.94. The number of carbonyl (C=O) groups excluding carboxylic acids is 2. The minimum atomic E-state index is -0.814. The average Bonchev–Trinajstić information content (AvgIpc) is 3.34. The molecule has 1 aliphatic rings. The van der Waals surface area contributed by atoms with Crippen molar-refractivity contribution in [2.45, 2.75) is 51.2 Å². The van der Waals surface area contributed by atoms with Gasteiger partial charge in [-0.3, -0.25) is 19.7 Å². The van der Waals surface area contributed by atoms with Gasteiger partial charge in [-0.05, 0) is 38.0 Å². The van der Waals surface area contributed by atoms with Crippen LogP contribution >= 0.6 is 23.2 Å². The number of benzene rings is 2. The number of nitro groups is 1. The Hall–Kier alpha value is -3.04. The molecular weight excluding hydrogens is 497 g/mol. The first kappa shape index (κ1) is 26.6. The van der Waals surface area contributed by atoms with Gasteiger partial charge in [0.2, 0.25) is 11.7 Å². The number of nitro benzene ring substituents is 1. The zero-order valence-electron chi connectivity index (χ0n) is 19.5. The van der Waals surface area contributed by atoms with Gasteiger partial charge in [0.05, 0.1) is 12.0 Å². The van der Waals surface area contributed by atoms with E-state index in [9.17, 15) is 19.7 Å². The van der Waals surface area contributed by atoms with E-state index in [4.69, 9.17) is 32.7 Å². The topological polar surface area (TPSA) is 111 Å². The minimum Gasteiger partial charge on any atom is -0.490 e. The molecule has 1 aliphatic carbocycles. The highest BCUT2D eigenvalue weighted by molar-refractivity contribution is 6.36. The van der Waals surface area contributed by atoms with E-state index >= 15 is 0 Å². The van der Waals surface area contributed by atoms with E-state index in [-0.39, 0.29) is 35.7 Å². The van der Waals surface area contributed by atoms with Gasteiger partial charge in [-0.25, -0.2) is 0 Å². The number of hydrogen-bond donors (Lipinski definition) is 1. The zero-order valence-corrected chi connectivity index (χ0v) is 21.0. The first-order chi connectivity index (χ1) is 16.7. The molecule has 2 aromatic carbocycles. The third-order valence-corrected chi connectivity index (χ3v) is 6.68. The lowest BCUT2D eigenvalue weighted by Crippen LogP contribution is -2.50. The molecule has 1 saturated carbocycles. The van der Waals surface area contributed by atoms with E-state index in [0.29, 0.717) is 15.6 Å². The second-order valence-electron chi connectivity index (χ2n) is 8.27. The quantitative estimate of drug-likeness (QED) is 0.354. The molecule has 0 saturated heterocycles. The van der Waals surface area contributed by atoms with Crippen molar-refractivity contribution in [2.75, 3.05) is 13.7 Å². The Kier molecular flexibility index (Phi) is 9.17. The summed E-state index contributed by atoms with van der Waals surface area (Å²) in [5.74, 6) is -0.540. The van der Waals surface area contributed by atoms with E-state index in [1.807, 2.05) is 0 Å². The van der Waals surface area contributed by atoms with Crippen molar-refractivity contribution in [2.24, 2.45) is 0 Å². The molecule has 3 rings (SSSR count). The zero-order chi connectivity index (χ0) is 25.5. The van der Waals surface area contributed by atoms with E-state index in [1.165, 1.54) is 30.2 Å². The summed E-state index contributed by atoms with van der Waals surface area (Å²) in [6, 6.07) is 8.23. The Balaban J connectivity index is 1.78. The van der Waals surface area contributed by atoms with Crippen molar-refractivity contribution in [3.05, 3.63) is 62.1 Å². The average molecular weight is 524 g/mol. The lowest BCUT2D eigenvalue weighted by Gasteiger charge is -2.30. The smallest absolute Gasteiger partial charge is 0.311 e. The van der Waals surface area contributed by atoms with Gasteiger partial charge in [0.1, 0.15) is 11.8 Å². The molecule has 9 nitrogen and oxygen atoms in total. The van der Waals surface area contributed by atoms with Gasteiger partial charge < -0.3 is 19.7 Å². The highest BCUT2D eigenvalue weighted by atomic mass is 35.5. The largest absolute Gasteiger partial charge is 0.490 e. The first-order valence-corrected chi connectivity index (χ1v) is 11.9. The summed E-state index contributed by atoms with van der Waals surface area (Å²) in [5.41, 5.74) is 0.292. The van der Waals surface area contributed by atoms with Gasteiger partial charge in [0.15, 0.2) is 6.61 Å². The van der Waals surface area contributed by atoms with Crippen molar-refractivity contribution in [1.29, 1.82) is 0 Å². The summed E-state index contributed by atoms with van der Waals surface area (Å²) in [4.78, 5) is 38.1. The van der Waals surface area contributed by atoms with Crippen LogP contribution in [0.2, 0.25) is 10.0 Å². The molecule has 0 aromatic heterocycles. The maximum atomic E-state index is 13.3. The van der Waals surface area contributed by atoms with Crippen LogP contribution in [-0.2, 0) is 16.1 Å². The lowest BCUT2D eigenvalue weighted by atomic mass is 10.1. The summed E-state index contributed by atoms with van der Waals surface area (Å²) in [5, 5.41) is 14.9. The number of carbonyl (C=O) groups is 2. The molecule has 0 aliphatic heterocycles. The van der Waals surface area contributed by atoms with E-state index in [1.54, 1.807) is 25.1 Å². The maximum absolute atomic E-state index is 13.3. The number of amides is 2. The summed E-state index contributed by atoms with van der Waals surface area (Å²) >= 11 is 12.6. The van der Waals surface area contributed by atoms with Gasteiger partial charge in [-0.2, -0.15) is 0 Å². The monoisotopic (exact) mass is 523 g/mol. The summed E-state index contributed by atoms with van der Waals surface area (Å²) < 4.78 is 10.6.